The van der Waals surface area contributed by atoms with E-state index in [1.807, 2.05) is 12.1 Å². The molecule has 0 radical (unpaired) electrons. The van der Waals surface area contributed by atoms with Gasteiger partial charge in [-0.3, -0.25) is 0 Å². The quantitative estimate of drug-likeness (QED) is 0.768. The molecule has 3 heteroatoms. The second-order valence-electron chi connectivity index (χ2n) is 9.87. The highest BCUT2D eigenvalue weighted by atomic mass is 16.5. The van der Waals surface area contributed by atoms with Gasteiger partial charge in [-0.1, -0.05) is 51.1 Å². The Labute approximate surface area is 168 Å². The summed E-state index contributed by atoms with van der Waals surface area (Å²) in [6, 6.07) is 14.4. The topological polar surface area (TPSA) is 49.7 Å². The van der Waals surface area contributed by atoms with Crippen molar-refractivity contribution >= 4 is 0 Å². The second-order valence-corrected chi connectivity index (χ2v) is 9.87. The lowest BCUT2D eigenvalue weighted by atomic mass is 9.64. The molecule has 150 valence electrons. The Kier molecular flexibility index (Phi) is 4.59. The van der Waals surface area contributed by atoms with E-state index in [0.717, 1.165) is 36.1 Å². The van der Waals surface area contributed by atoms with Crippen LogP contribution >= 0.6 is 0 Å². The zero-order valence-electron chi connectivity index (χ0n) is 17.5. The number of rotatable bonds is 2. The van der Waals surface area contributed by atoms with E-state index in [2.05, 4.69) is 51.1 Å². The van der Waals surface area contributed by atoms with Crippen LogP contribution in [0.2, 0.25) is 0 Å². The highest BCUT2D eigenvalue weighted by Gasteiger charge is 2.50. The molecule has 0 bridgehead atoms. The van der Waals surface area contributed by atoms with Crippen molar-refractivity contribution in [1.29, 1.82) is 0 Å². The van der Waals surface area contributed by atoms with Gasteiger partial charge in [0, 0.05) is 5.41 Å². The molecule has 0 unspecified atom stereocenters. The minimum Gasteiger partial charge on any atom is -0.497 e. The van der Waals surface area contributed by atoms with Crippen molar-refractivity contribution in [2.24, 2.45) is 5.41 Å². The summed E-state index contributed by atoms with van der Waals surface area (Å²) < 4.78 is 5.35. The van der Waals surface area contributed by atoms with Crippen molar-refractivity contribution in [2.75, 3.05) is 7.11 Å². The number of benzene rings is 2. The van der Waals surface area contributed by atoms with Gasteiger partial charge in [-0.05, 0) is 71.9 Å². The molecule has 1 saturated carbocycles. The molecule has 0 aromatic heterocycles. The molecule has 1 fully saturated rings. The lowest BCUT2D eigenvalue weighted by molar-refractivity contribution is -0.0758. The molecule has 0 aliphatic heterocycles. The van der Waals surface area contributed by atoms with E-state index < -0.39 is 11.7 Å². The Morgan fingerprint density at radius 2 is 1.61 bits per heavy atom. The first-order chi connectivity index (χ1) is 13.2. The first-order valence-corrected chi connectivity index (χ1v) is 10.4. The van der Waals surface area contributed by atoms with Crippen LogP contribution in [0.4, 0.5) is 0 Å². The average molecular weight is 381 g/mol. The number of hydrogen-bond donors (Lipinski definition) is 2. The van der Waals surface area contributed by atoms with Gasteiger partial charge in [-0.2, -0.15) is 0 Å². The fraction of sp³-hybridized carbons (Fsp3) is 0.520. The van der Waals surface area contributed by atoms with Crippen molar-refractivity contribution in [3.8, 4) is 5.75 Å². The number of fused-ring (bicyclic) bond motifs is 1. The van der Waals surface area contributed by atoms with E-state index in [-0.39, 0.29) is 10.8 Å². The van der Waals surface area contributed by atoms with Gasteiger partial charge < -0.3 is 14.9 Å². The van der Waals surface area contributed by atoms with Crippen molar-refractivity contribution < 1.29 is 14.9 Å². The van der Waals surface area contributed by atoms with Crippen LogP contribution in [-0.2, 0) is 17.4 Å². The Bertz CT molecular complexity index is 852. The molecule has 0 heterocycles. The van der Waals surface area contributed by atoms with Crippen LogP contribution in [0.15, 0.2) is 42.5 Å². The number of aliphatic hydroxyl groups is 2. The summed E-state index contributed by atoms with van der Waals surface area (Å²) in [5.74, 6) is 0.842. The van der Waals surface area contributed by atoms with Crippen LogP contribution in [0.5, 0.6) is 5.75 Å². The maximum Gasteiger partial charge on any atom is 0.119 e. The van der Waals surface area contributed by atoms with Crippen molar-refractivity contribution in [1.82, 2.24) is 0 Å². The van der Waals surface area contributed by atoms with Crippen molar-refractivity contribution in [3.63, 3.8) is 0 Å². The fourth-order valence-corrected chi connectivity index (χ4v) is 5.12. The number of methoxy groups -OCH3 is 1. The largest absolute Gasteiger partial charge is 0.497 e. The van der Waals surface area contributed by atoms with Crippen LogP contribution in [-0.4, -0.2) is 17.3 Å². The minimum absolute atomic E-state index is 0.110. The van der Waals surface area contributed by atoms with Gasteiger partial charge >= 0.3 is 0 Å². The molecule has 3 nitrogen and oxygen atoms in total. The first kappa shape index (κ1) is 19.5. The van der Waals surface area contributed by atoms with Crippen LogP contribution in [0.1, 0.15) is 74.8 Å². The van der Waals surface area contributed by atoms with Gasteiger partial charge in [0.2, 0.25) is 0 Å². The zero-order valence-corrected chi connectivity index (χ0v) is 17.5. The zero-order chi connectivity index (χ0) is 20.2. The average Bonchev–Trinajstić information content (AvgIpc) is 2.95. The number of ether oxygens (including phenoxy) is 1. The van der Waals surface area contributed by atoms with Gasteiger partial charge in [0.15, 0.2) is 0 Å². The van der Waals surface area contributed by atoms with Gasteiger partial charge in [-0.25, -0.2) is 0 Å². The Hall–Kier alpha value is -1.84. The molecule has 4 rings (SSSR count). The standard InChI is InChI=1S/C25H32O3/c1-23(2,3)18-5-7-19(8-6-18)25(27)13-11-24(12-14-25)16-17-15-20(28-4)9-10-21(17)22(24)26/h5-10,15,22,26-27H,11-14,16H2,1-4H3/t22-,24?,25?/m0/s1. The summed E-state index contributed by atoms with van der Waals surface area (Å²) in [4.78, 5) is 0. The van der Waals surface area contributed by atoms with Gasteiger partial charge in [0.1, 0.15) is 5.75 Å². The lowest BCUT2D eigenvalue weighted by Crippen LogP contribution is -2.39. The smallest absolute Gasteiger partial charge is 0.119 e. The molecule has 2 aromatic carbocycles. The third kappa shape index (κ3) is 3.15. The van der Waals surface area contributed by atoms with Crippen molar-refractivity contribution in [3.05, 3.63) is 64.7 Å². The SMILES string of the molecule is COc1ccc2c(c1)CC1(CCC(O)(c3ccc(C(C)(C)C)cc3)CC1)[C@H]2O. The highest BCUT2D eigenvalue weighted by molar-refractivity contribution is 5.43. The Balaban J connectivity index is 1.53. The third-order valence-electron chi connectivity index (χ3n) is 7.13. The fourth-order valence-electron chi connectivity index (χ4n) is 5.12. The summed E-state index contributed by atoms with van der Waals surface area (Å²) in [5, 5.41) is 22.4. The van der Waals surface area contributed by atoms with Gasteiger partial charge in [-0.15, -0.1) is 0 Å². The number of aliphatic hydroxyl groups excluding tert-OH is 1. The molecule has 2 aliphatic carbocycles. The molecule has 28 heavy (non-hydrogen) atoms. The molecule has 0 saturated heterocycles. The van der Waals surface area contributed by atoms with Crippen LogP contribution in [0.3, 0.4) is 0 Å². The van der Waals surface area contributed by atoms with E-state index in [4.69, 9.17) is 4.74 Å². The monoisotopic (exact) mass is 380 g/mol. The molecule has 1 atom stereocenters. The third-order valence-corrected chi connectivity index (χ3v) is 7.13. The van der Waals surface area contributed by atoms with E-state index in [1.54, 1.807) is 7.11 Å². The summed E-state index contributed by atoms with van der Waals surface area (Å²) in [7, 11) is 1.68. The van der Waals surface area contributed by atoms with E-state index in [1.165, 1.54) is 11.1 Å². The summed E-state index contributed by atoms with van der Waals surface area (Å²) >= 11 is 0. The molecule has 2 N–H and O–H groups in total. The summed E-state index contributed by atoms with van der Waals surface area (Å²) in [6.45, 7) is 6.61. The van der Waals surface area contributed by atoms with E-state index in [9.17, 15) is 10.2 Å². The number of hydrogen-bond acceptors (Lipinski definition) is 3. The second kappa shape index (κ2) is 6.60. The Morgan fingerprint density at radius 3 is 2.18 bits per heavy atom. The van der Waals surface area contributed by atoms with E-state index >= 15 is 0 Å². The summed E-state index contributed by atoms with van der Waals surface area (Å²) in [5.41, 5.74) is 3.65. The molecule has 0 amide bonds. The minimum atomic E-state index is -0.798. The normalized spacial score (nSPS) is 29.7. The molecular weight excluding hydrogens is 348 g/mol. The van der Waals surface area contributed by atoms with Crippen molar-refractivity contribution in [2.45, 2.75) is 70.0 Å². The van der Waals surface area contributed by atoms with Gasteiger partial charge in [0.05, 0.1) is 18.8 Å². The van der Waals surface area contributed by atoms with Gasteiger partial charge in [0.25, 0.3) is 0 Å². The van der Waals surface area contributed by atoms with Crippen LogP contribution < -0.4 is 4.74 Å². The van der Waals surface area contributed by atoms with Crippen LogP contribution in [0.25, 0.3) is 0 Å². The predicted octanol–water partition coefficient (Wildman–Crippen LogP) is 5.03. The molecule has 2 aliphatic rings. The summed E-state index contributed by atoms with van der Waals surface area (Å²) in [6.07, 6.45) is 3.42. The maximum atomic E-state index is 11.4. The Morgan fingerprint density at radius 1 is 0.964 bits per heavy atom. The first-order valence-electron chi connectivity index (χ1n) is 10.4. The predicted molar refractivity (Wildman–Crippen MR) is 112 cm³/mol. The van der Waals surface area contributed by atoms with Crippen LogP contribution in [0, 0.1) is 5.41 Å². The molecule has 1 spiro atoms. The molecule has 2 aromatic rings. The molecular formula is C25H32O3. The van der Waals surface area contributed by atoms with E-state index in [0.29, 0.717) is 12.8 Å². The lowest BCUT2D eigenvalue weighted by Gasteiger charge is -2.44. The maximum absolute atomic E-state index is 11.4. The highest BCUT2D eigenvalue weighted by Crippen LogP contribution is 2.57.